The SMILES string of the molecule is CC1(n2cnc3ccc(Oc4c(Cl)cc([N+](=O)[O-])cc4C4=IC4)cc32)CC1. The summed E-state index contributed by atoms with van der Waals surface area (Å²) in [5, 5.41) is 11.4. The van der Waals surface area contributed by atoms with E-state index in [-0.39, 0.29) is 37.0 Å². The number of nitro benzene ring substituents is 1. The van der Waals surface area contributed by atoms with Crippen molar-refractivity contribution in [2.75, 3.05) is 4.43 Å². The normalized spacial score (nSPS) is 17.2. The van der Waals surface area contributed by atoms with Gasteiger partial charge >= 0.3 is 0 Å². The average Bonchev–Trinajstić information content (AvgIpc) is 3.56. The number of alkyl halides is 1. The first-order valence-corrected chi connectivity index (χ1v) is 11.5. The molecule has 27 heavy (non-hydrogen) atoms. The zero-order chi connectivity index (χ0) is 18.8. The van der Waals surface area contributed by atoms with Crippen LogP contribution in [0.5, 0.6) is 11.5 Å². The van der Waals surface area contributed by atoms with Crippen LogP contribution in [0.3, 0.4) is 0 Å². The summed E-state index contributed by atoms with van der Waals surface area (Å²) in [6, 6.07) is 8.71. The van der Waals surface area contributed by atoms with Crippen molar-refractivity contribution in [2.45, 2.75) is 25.3 Å². The van der Waals surface area contributed by atoms with E-state index in [9.17, 15) is 10.1 Å². The highest BCUT2D eigenvalue weighted by molar-refractivity contribution is 14.2. The first kappa shape index (κ1) is 17.1. The van der Waals surface area contributed by atoms with Gasteiger partial charge in [-0.2, -0.15) is 0 Å². The number of halogens is 2. The van der Waals surface area contributed by atoms with E-state index in [0.29, 0.717) is 11.5 Å². The van der Waals surface area contributed by atoms with E-state index in [1.165, 1.54) is 9.58 Å². The third-order valence-electron chi connectivity index (χ3n) is 5.09. The second-order valence-corrected chi connectivity index (χ2v) is 10.3. The minimum Gasteiger partial charge on any atom is -0.455 e. The van der Waals surface area contributed by atoms with Gasteiger partial charge in [0.05, 0.1) is 27.3 Å². The highest BCUT2D eigenvalue weighted by Gasteiger charge is 2.40. The molecule has 0 unspecified atom stereocenters. The van der Waals surface area contributed by atoms with E-state index in [2.05, 4.69) is 16.5 Å². The highest BCUT2D eigenvalue weighted by Crippen LogP contribution is 2.45. The molecule has 1 aliphatic carbocycles. The first-order chi connectivity index (χ1) is 12.9. The summed E-state index contributed by atoms with van der Waals surface area (Å²) in [6.07, 6.45) is 4.17. The van der Waals surface area contributed by atoms with Gasteiger partial charge in [0.2, 0.25) is 0 Å². The Morgan fingerprint density at radius 1 is 1.33 bits per heavy atom. The number of ether oxygens (including phenoxy) is 1. The topological polar surface area (TPSA) is 70.2 Å². The van der Waals surface area contributed by atoms with Gasteiger partial charge in [-0.05, 0) is 31.9 Å². The molecule has 0 saturated heterocycles. The number of nitro groups is 1. The quantitative estimate of drug-likeness (QED) is 0.206. The van der Waals surface area contributed by atoms with Crippen molar-refractivity contribution in [2.24, 2.45) is 0 Å². The molecule has 1 saturated carbocycles. The second kappa shape index (κ2) is 6.00. The monoisotopic (exact) mass is 495 g/mol. The van der Waals surface area contributed by atoms with E-state index in [4.69, 9.17) is 16.3 Å². The molecule has 0 radical (unpaired) electrons. The molecule has 0 spiro atoms. The lowest BCUT2D eigenvalue weighted by Gasteiger charge is -2.14. The van der Waals surface area contributed by atoms with Crippen molar-refractivity contribution >= 4 is 52.6 Å². The van der Waals surface area contributed by atoms with Gasteiger partial charge < -0.3 is 9.30 Å². The summed E-state index contributed by atoms with van der Waals surface area (Å²) < 4.78 is 10.6. The number of aromatic nitrogens is 2. The van der Waals surface area contributed by atoms with Crippen molar-refractivity contribution in [1.82, 2.24) is 9.55 Å². The fraction of sp³-hybridized carbons (Fsp3) is 0.263. The molecule has 1 aliphatic heterocycles. The minimum absolute atomic E-state index is 0.000875. The van der Waals surface area contributed by atoms with Crippen LogP contribution in [0.2, 0.25) is 5.02 Å². The lowest BCUT2D eigenvalue weighted by Crippen LogP contribution is -2.10. The Bertz CT molecular complexity index is 1150. The van der Waals surface area contributed by atoms with Crippen molar-refractivity contribution in [3.05, 3.63) is 57.4 Å². The second-order valence-electron chi connectivity index (χ2n) is 7.10. The Hall–Kier alpha value is -2.00. The molecular weight excluding hydrogens is 481 g/mol. The van der Waals surface area contributed by atoms with Gasteiger partial charge in [-0.1, -0.05) is 11.6 Å². The predicted octanol–water partition coefficient (Wildman–Crippen LogP) is 5.40. The van der Waals surface area contributed by atoms with E-state index < -0.39 is 4.92 Å². The number of non-ortho nitro benzene ring substituents is 1. The summed E-state index contributed by atoms with van der Waals surface area (Å²) >= 11 is 6.33. The Morgan fingerprint density at radius 2 is 2.11 bits per heavy atom. The van der Waals surface area contributed by atoms with Crippen molar-refractivity contribution < 1.29 is 9.66 Å². The van der Waals surface area contributed by atoms with Gasteiger partial charge in [0.15, 0.2) is 5.75 Å². The number of hydrogen-bond acceptors (Lipinski definition) is 4. The van der Waals surface area contributed by atoms with Crippen LogP contribution >= 0.6 is 32.3 Å². The van der Waals surface area contributed by atoms with Crippen molar-refractivity contribution in [1.29, 1.82) is 0 Å². The summed E-state index contributed by atoms with van der Waals surface area (Å²) in [7, 11) is 0. The number of imidazole rings is 1. The molecule has 3 aromatic rings. The Balaban J connectivity index is 1.57. The predicted molar refractivity (Wildman–Crippen MR) is 114 cm³/mol. The largest absolute Gasteiger partial charge is 0.455 e. The van der Waals surface area contributed by atoms with E-state index >= 15 is 0 Å². The molecule has 1 aromatic heterocycles. The maximum absolute atomic E-state index is 11.2. The first-order valence-electron chi connectivity index (χ1n) is 8.53. The van der Waals surface area contributed by atoms with Crippen LogP contribution in [0.1, 0.15) is 25.3 Å². The standard InChI is InChI=1S/C19H15ClIN3O3/c1-19(4-5-19)23-10-22-16-3-2-12(8-17(16)23)27-18-13(15-9-21-15)6-11(24(25)26)7-14(18)20/h2-3,6-8,10H,4-5,9H2,1H3. The number of fused-ring (bicyclic) bond motifs is 1. The molecule has 0 amide bonds. The molecule has 2 heterocycles. The van der Waals surface area contributed by atoms with Gasteiger partial charge in [0, 0.05) is 37.2 Å². The molecular formula is C19H15ClIN3O3. The van der Waals surface area contributed by atoms with Gasteiger partial charge in [0.25, 0.3) is 5.69 Å². The lowest BCUT2D eigenvalue weighted by atomic mass is 10.1. The lowest BCUT2D eigenvalue weighted by molar-refractivity contribution is -0.384. The fourth-order valence-corrected chi connectivity index (χ4v) is 4.85. The van der Waals surface area contributed by atoms with Crippen LogP contribution in [0, 0.1) is 10.1 Å². The maximum atomic E-state index is 11.2. The minimum atomic E-state index is -0.415. The fourth-order valence-electron chi connectivity index (χ4n) is 3.19. The van der Waals surface area contributed by atoms with E-state index in [1.54, 1.807) is 6.07 Å². The van der Waals surface area contributed by atoms with Crippen LogP contribution in [-0.4, -0.2) is 22.4 Å². The van der Waals surface area contributed by atoms with Crippen LogP contribution in [0.4, 0.5) is 5.69 Å². The summed E-state index contributed by atoms with van der Waals surface area (Å²) in [5.41, 5.74) is 2.87. The van der Waals surface area contributed by atoms with Gasteiger partial charge in [-0.15, -0.1) is 20.7 Å². The number of benzene rings is 2. The zero-order valence-electron chi connectivity index (χ0n) is 14.4. The third-order valence-corrected chi connectivity index (χ3v) is 7.48. The Labute approximate surface area is 170 Å². The molecule has 8 heteroatoms. The van der Waals surface area contributed by atoms with Crippen molar-refractivity contribution in [3.63, 3.8) is 0 Å². The molecule has 2 aromatic carbocycles. The third kappa shape index (κ3) is 3.02. The van der Waals surface area contributed by atoms with Crippen LogP contribution in [0.25, 0.3) is 11.0 Å². The highest BCUT2D eigenvalue weighted by atomic mass is 127. The van der Waals surface area contributed by atoms with Gasteiger partial charge in [-0.3, -0.25) is 10.1 Å². The summed E-state index contributed by atoms with van der Waals surface area (Å²) in [6.45, 7) is 2.22. The van der Waals surface area contributed by atoms with Crippen LogP contribution in [0.15, 0.2) is 36.7 Å². The summed E-state index contributed by atoms with van der Waals surface area (Å²) in [5.74, 6) is 1.17. The Morgan fingerprint density at radius 3 is 2.78 bits per heavy atom. The Kier molecular flexibility index (Phi) is 3.80. The van der Waals surface area contributed by atoms with E-state index in [1.807, 2.05) is 24.5 Å². The maximum Gasteiger partial charge on any atom is 0.271 e. The van der Waals surface area contributed by atoms with Gasteiger partial charge in [-0.25, -0.2) is 4.98 Å². The molecule has 1 fully saturated rings. The molecule has 0 N–H and O–H groups in total. The average molecular weight is 496 g/mol. The number of rotatable bonds is 5. The number of nitrogens with zero attached hydrogens (tertiary/aromatic N) is 3. The van der Waals surface area contributed by atoms with Crippen LogP contribution in [-0.2, 0) is 5.54 Å². The smallest absolute Gasteiger partial charge is 0.271 e. The molecule has 5 rings (SSSR count). The van der Waals surface area contributed by atoms with Crippen molar-refractivity contribution in [3.8, 4) is 11.5 Å². The number of hydrogen-bond donors (Lipinski definition) is 0. The molecule has 6 nitrogen and oxygen atoms in total. The van der Waals surface area contributed by atoms with Crippen LogP contribution < -0.4 is 4.74 Å². The molecule has 0 atom stereocenters. The van der Waals surface area contributed by atoms with E-state index in [0.717, 1.165) is 33.9 Å². The molecule has 138 valence electrons. The molecule has 2 aliphatic rings. The zero-order valence-corrected chi connectivity index (χ0v) is 17.3. The summed E-state index contributed by atoms with van der Waals surface area (Å²) in [4.78, 5) is 15.2. The van der Waals surface area contributed by atoms with Gasteiger partial charge in [0.1, 0.15) is 5.75 Å². The molecule has 0 bridgehead atoms.